The van der Waals surface area contributed by atoms with Crippen molar-refractivity contribution >= 4 is 16.7 Å². The minimum atomic E-state index is 0.254. The van der Waals surface area contributed by atoms with Gasteiger partial charge in [-0.2, -0.15) is 0 Å². The lowest BCUT2D eigenvalue weighted by molar-refractivity contribution is 0.0823. The first-order chi connectivity index (χ1) is 7.93. The second-order valence-electron chi connectivity index (χ2n) is 3.27. The lowest BCUT2D eigenvalue weighted by atomic mass is 10.2. The SMILES string of the molecule is C1=C(Nc2ccnc3ncccc23)OCO1. The predicted octanol–water partition coefficient (Wildman–Crippen LogP) is 1.84. The molecule has 5 heteroatoms. The third kappa shape index (κ3) is 1.52. The molecule has 0 amide bonds. The summed E-state index contributed by atoms with van der Waals surface area (Å²) in [6, 6.07) is 5.69. The topological polar surface area (TPSA) is 56.3 Å². The number of fused-ring (bicyclic) bond motifs is 1. The molecule has 0 radical (unpaired) electrons. The number of nitrogens with zero attached hydrogens (tertiary/aromatic N) is 2. The highest BCUT2D eigenvalue weighted by atomic mass is 16.7. The van der Waals surface area contributed by atoms with E-state index < -0.39 is 0 Å². The summed E-state index contributed by atoms with van der Waals surface area (Å²) in [5.74, 6) is 0.594. The van der Waals surface area contributed by atoms with Crippen molar-refractivity contribution in [1.82, 2.24) is 9.97 Å². The molecule has 0 unspecified atom stereocenters. The molecule has 0 atom stereocenters. The van der Waals surface area contributed by atoms with Crippen molar-refractivity contribution in [3.8, 4) is 0 Å². The van der Waals surface area contributed by atoms with Gasteiger partial charge in [-0.3, -0.25) is 0 Å². The number of pyridine rings is 2. The van der Waals surface area contributed by atoms with Gasteiger partial charge in [0.1, 0.15) is 6.26 Å². The van der Waals surface area contributed by atoms with Gasteiger partial charge in [-0.15, -0.1) is 0 Å². The van der Waals surface area contributed by atoms with Crippen LogP contribution in [0.2, 0.25) is 0 Å². The van der Waals surface area contributed by atoms with Gasteiger partial charge in [0.05, 0.1) is 5.69 Å². The average Bonchev–Trinajstić information content (AvgIpc) is 2.82. The number of rotatable bonds is 2. The fourth-order valence-corrected chi connectivity index (χ4v) is 1.53. The van der Waals surface area contributed by atoms with Crippen molar-refractivity contribution in [3.63, 3.8) is 0 Å². The van der Waals surface area contributed by atoms with Crippen molar-refractivity contribution in [2.24, 2.45) is 0 Å². The number of hydrogen-bond donors (Lipinski definition) is 1. The quantitative estimate of drug-likeness (QED) is 0.828. The van der Waals surface area contributed by atoms with Gasteiger partial charge in [0.2, 0.25) is 12.7 Å². The average molecular weight is 215 g/mol. The fraction of sp³-hybridized carbons (Fsp3) is 0.0909. The van der Waals surface area contributed by atoms with E-state index in [2.05, 4.69) is 15.3 Å². The van der Waals surface area contributed by atoms with Crippen LogP contribution in [0.15, 0.2) is 42.7 Å². The molecule has 1 aliphatic rings. The van der Waals surface area contributed by atoms with Crippen LogP contribution in [-0.4, -0.2) is 16.8 Å². The van der Waals surface area contributed by atoms with E-state index >= 15 is 0 Å². The van der Waals surface area contributed by atoms with Gasteiger partial charge in [-0.25, -0.2) is 9.97 Å². The van der Waals surface area contributed by atoms with Crippen molar-refractivity contribution in [2.75, 3.05) is 12.1 Å². The number of anilines is 1. The molecule has 3 heterocycles. The van der Waals surface area contributed by atoms with Crippen LogP contribution >= 0.6 is 0 Å². The van der Waals surface area contributed by atoms with Crippen molar-refractivity contribution < 1.29 is 9.47 Å². The highest BCUT2D eigenvalue weighted by Gasteiger charge is 2.08. The molecule has 2 aromatic heterocycles. The number of ether oxygens (including phenoxy) is 2. The first-order valence-corrected chi connectivity index (χ1v) is 4.85. The van der Waals surface area contributed by atoms with Crippen molar-refractivity contribution in [3.05, 3.63) is 42.7 Å². The molecule has 0 bridgehead atoms. The molecule has 0 aliphatic carbocycles. The Balaban J connectivity index is 2.02. The lowest BCUT2D eigenvalue weighted by Crippen LogP contribution is -2.00. The van der Waals surface area contributed by atoms with Gasteiger partial charge in [-0.1, -0.05) is 0 Å². The van der Waals surface area contributed by atoms with Crippen LogP contribution < -0.4 is 5.32 Å². The second-order valence-corrected chi connectivity index (χ2v) is 3.27. The third-order valence-corrected chi connectivity index (χ3v) is 2.25. The van der Waals surface area contributed by atoms with Crippen LogP contribution in [0.5, 0.6) is 0 Å². The molecule has 3 rings (SSSR count). The number of nitrogens with one attached hydrogen (secondary N) is 1. The summed E-state index contributed by atoms with van der Waals surface area (Å²) in [5.41, 5.74) is 1.60. The van der Waals surface area contributed by atoms with Crippen LogP contribution in [0, 0.1) is 0 Å². The van der Waals surface area contributed by atoms with Crippen molar-refractivity contribution in [1.29, 1.82) is 0 Å². The van der Waals surface area contributed by atoms with E-state index in [4.69, 9.17) is 9.47 Å². The van der Waals surface area contributed by atoms with E-state index in [-0.39, 0.29) is 6.79 Å². The highest BCUT2D eigenvalue weighted by Crippen LogP contribution is 2.22. The van der Waals surface area contributed by atoms with Crippen LogP contribution in [0.4, 0.5) is 5.69 Å². The summed E-state index contributed by atoms with van der Waals surface area (Å²) in [6.45, 7) is 0.254. The van der Waals surface area contributed by atoms with Gasteiger partial charge in [-0.05, 0) is 18.2 Å². The van der Waals surface area contributed by atoms with Gasteiger partial charge in [0.25, 0.3) is 0 Å². The fourth-order valence-electron chi connectivity index (χ4n) is 1.53. The molecule has 0 fully saturated rings. The van der Waals surface area contributed by atoms with E-state index in [1.54, 1.807) is 18.7 Å². The maximum atomic E-state index is 5.19. The third-order valence-electron chi connectivity index (χ3n) is 2.25. The maximum absolute atomic E-state index is 5.19. The molecule has 0 saturated heterocycles. The second kappa shape index (κ2) is 3.69. The Kier molecular flexibility index (Phi) is 2.07. The summed E-state index contributed by atoms with van der Waals surface area (Å²) in [4.78, 5) is 8.35. The summed E-state index contributed by atoms with van der Waals surface area (Å²) in [7, 11) is 0. The summed E-state index contributed by atoms with van der Waals surface area (Å²) >= 11 is 0. The zero-order valence-corrected chi connectivity index (χ0v) is 8.38. The minimum Gasteiger partial charge on any atom is -0.459 e. The number of hydrogen-bond acceptors (Lipinski definition) is 5. The van der Waals surface area contributed by atoms with Crippen LogP contribution in [0.1, 0.15) is 0 Å². The van der Waals surface area contributed by atoms with Crippen LogP contribution in [0.25, 0.3) is 11.0 Å². The normalized spacial score (nSPS) is 14.1. The molecule has 80 valence electrons. The predicted molar refractivity (Wildman–Crippen MR) is 58.3 cm³/mol. The maximum Gasteiger partial charge on any atom is 0.232 e. The van der Waals surface area contributed by atoms with E-state index in [1.165, 1.54) is 0 Å². The first kappa shape index (κ1) is 8.96. The van der Waals surface area contributed by atoms with Gasteiger partial charge in [0.15, 0.2) is 5.65 Å². The van der Waals surface area contributed by atoms with E-state index in [9.17, 15) is 0 Å². The summed E-state index contributed by atoms with van der Waals surface area (Å²) in [5, 5.41) is 4.06. The summed E-state index contributed by atoms with van der Waals surface area (Å²) < 4.78 is 10.2. The van der Waals surface area contributed by atoms with E-state index in [0.717, 1.165) is 11.1 Å². The van der Waals surface area contributed by atoms with Crippen LogP contribution in [-0.2, 0) is 9.47 Å². The first-order valence-electron chi connectivity index (χ1n) is 4.85. The molecule has 1 aliphatic heterocycles. The van der Waals surface area contributed by atoms with E-state index in [0.29, 0.717) is 11.5 Å². The Labute approximate surface area is 91.7 Å². The zero-order chi connectivity index (χ0) is 10.8. The molecule has 2 aromatic rings. The van der Waals surface area contributed by atoms with Gasteiger partial charge >= 0.3 is 0 Å². The van der Waals surface area contributed by atoms with Crippen LogP contribution in [0.3, 0.4) is 0 Å². The molecular weight excluding hydrogens is 206 g/mol. The molecule has 16 heavy (non-hydrogen) atoms. The lowest BCUT2D eigenvalue weighted by Gasteiger charge is -2.07. The summed E-state index contributed by atoms with van der Waals surface area (Å²) in [6.07, 6.45) is 4.96. The zero-order valence-electron chi connectivity index (χ0n) is 8.38. The Bertz CT molecular complexity index is 548. The Morgan fingerprint density at radius 1 is 1.19 bits per heavy atom. The van der Waals surface area contributed by atoms with Gasteiger partial charge < -0.3 is 14.8 Å². The van der Waals surface area contributed by atoms with Gasteiger partial charge in [0, 0.05) is 17.8 Å². The smallest absolute Gasteiger partial charge is 0.232 e. The van der Waals surface area contributed by atoms with E-state index in [1.807, 2.05) is 18.2 Å². The largest absolute Gasteiger partial charge is 0.459 e. The Hall–Kier alpha value is -2.30. The molecule has 0 saturated carbocycles. The minimum absolute atomic E-state index is 0.254. The number of aromatic nitrogens is 2. The molecular formula is C11H9N3O2. The molecule has 0 aromatic carbocycles. The highest BCUT2D eigenvalue weighted by molar-refractivity contribution is 5.88. The Morgan fingerprint density at radius 2 is 2.12 bits per heavy atom. The van der Waals surface area contributed by atoms with Crippen molar-refractivity contribution in [2.45, 2.75) is 0 Å². The standard InChI is InChI=1S/C11H9N3O2/c1-2-8-9(14-10-6-15-7-16-10)3-5-13-11(8)12-4-1/h1-6H,7H2,(H,12,13,14). The monoisotopic (exact) mass is 215 g/mol. The Morgan fingerprint density at radius 3 is 3.00 bits per heavy atom. The molecule has 0 spiro atoms. The molecule has 5 nitrogen and oxygen atoms in total. The molecule has 1 N–H and O–H groups in total.